The minimum Gasteiger partial charge on any atom is -0.497 e. The molecule has 0 radical (unpaired) electrons. The van der Waals surface area contributed by atoms with Crippen LogP contribution in [0.3, 0.4) is 0 Å². The molecule has 0 fully saturated rings. The molecule has 0 aromatic heterocycles. The molecule has 0 spiro atoms. The van der Waals surface area contributed by atoms with E-state index in [1.54, 1.807) is 18.2 Å². The Morgan fingerprint density at radius 2 is 1.58 bits per heavy atom. The first-order valence-corrected chi connectivity index (χ1v) is 8.99. The third-order valence-corrected chi connectivity index (χ3v) is 4.81. The highest BCUT2D eigenvalue weighted by Gasteiger charge is 2.22. The lowest BCUT2D eigenvalue weighted by atomic mass is 10.2. The number of anilines is 2. The number of benzene rings is 2. The lowest BCUT2D eigenvalue weighted by Crippen LogP contribution is -2.15. The van der Waals surface area contributed by atoms with Crippen LogP contribution in [-0.2, 0) is 14.8 Å². The molecule has 0 aliphatic heterocycles. The Morgan fingerprint density at radius 1 is 0.923 bits per heavy atom. The van der Waals surface area contributed by atoms with Crippen LogP contribution in [0.25, 0.3) is 0 Å². The fourth-order valence-corrected chi connectivity index (χ4v) is 3.51. The molecule has 0 saturated carbocycles. The normalized spacial score (nSPS) is 10.8. The van der Waals surface area contributed by atoms with Crippen molar-refractivity contribution in [2.24, 2.45) is 0 Å². The first-order chi connectivity index (χ1) is 12.3. The Hall–Kier alpha value is -2.94. The van der Waals surface area contributed by atoms with Gasteiger partial charge in [0.25, 0.3) is 10.0 Å². The van der Waals surface area contributed by atoms with E-state index in [4.69, 9.17) is 14.2 Å². The number of sulfonamides is 1. The SMILES string of the molecule is COc1ccc(OC)c(S(=O)(=O)Nc2cc(NC(C)=O)ccc2OC)c1. The summed E-state index contributed by atoms with van der Waals surface area (Å²) in [6.07, 6.45) is 0. The average molecular weight is 380 g/mol. The highest BCUT2D eigenvalue weighted by atomic mass is 32.2. The monoisotopic (exact) mass is 380 g/mol. The molecule has 2 N–H and O–H groups in total. The van der Waals surface area contributed by atoms with Crippen LogP contribution in [0.5, 0.6) is 17.2 Å². The fourth-order valence-electron chi connectivity index (χ4n) is 2.26. The highest BCUT2D eigenvalue weighted by molar-refractivity contribution is 7.92. The van der Waals surface area contributed by atoms with E-state index in [0.29, 0.717) is 17.2 Å². The maximum Gasteiger partial charge on any atom is 0.265 e. The van der Waals surface area contributed by atoms with Gasteiger partial charge in [0.05, 0.1) is 27.0 Å². The largest absolute Gasteiger partial charge is 0.497 e. The molecule has 0 atom stereocenters. The van der Waals surface area contributed by atoms with Gasteiger partial charge in [-0.25, -0.2) is 8.42 Å². The molecule has 0 aliphatic rings. The minimum absolute atomic E-state index is 0.0914. The van der Waals surface area contributed by atoms with Crippen molar-refractivity contribution in [3.8, 4) is 17.2 Å². The van der Waals surface area contributed by atoms with E-state index >= 15 is 0 Å². The Balaban J connectivity index is 2.47. The molecule has 140 valence electrons. The zero-order chi connectivity index (χ0) is 19.3. The summed E-state index contributed by atoms with van der Waals surface area (Å²) in [5.74, 6) is 0.545. The minimum atomic E-state index is -4.01. The van der Waals surface area contributed by atoms with Crippen molar-refractivity contribution < 1.29 is 27.4 Å². The Labute approximate surface area is 152 Å². The predicted octanol–water partition coefficient (Wildman–Crippen LogP) is 2.47. The van der Waals surface area contributed by atoms with Crippen molar-refractivity contribution in [3.05, 3.63) is 36.4 Å². The molecule has 1 amide bonds. The number of amides is 1. The molecule has 0 unspecified atom stereocenters. The molecule has 0 bridgehead atoms. The second kappa shape index (κ2) is 7.96. The smallest absolute Gasteiger partial charge is 0.265 e. The summed E-state index contributed by atoms with van der Waals surface area (Å²) < 4.78 is 43.6. The van der Waals surface area contributed by atoms with Gasteiger partial charge in [-0.05, 0) is 30.3 Å². The summed E-state index contributed by atoms with van der Waals surface area (Å²) in [5, 5.41) is 2.59. The van der Waals surface area contributed by atoms with Gasteiger partial charge in [-0.1, -0.05) is 0 Å². The molecule has 2 aromatic rings. The van der Waals surface area contributed by atoms with Gasteiger partial charge >= 0.3 is 0 Å². The van der Waals surface area contributed by atoms with Crippen molar-refractivity contribution >= 4 is 27.3 Å². The Morgan fingerprint density at radius 3 is 2.15 bits per heavy atom. The van der Waals surface area contributed by atoms with E-state index in [1.165, 1.54) is 46.5 Å². The first-order valence-electron chi connectivity index (χ1n) is 7.51. The average Bonchev–Trinajstić information content (AvgIpc) is 2.60. The lowest BCUT2D eigenvalue weighted by Gasteiger charge is -2.15. The van der Waals surface area contributed by atoms with Crippen molar-refractivity contribution in [3.63, 3.8) is 0 Å². The van der Waals surface area contributed by atoms with E-state index in [-0.39, 0.29) is 22.2 Å². The number of rotatable bonds is 7. The van der Waals surface area contributed by atoms with Crippen LogP contribution in [0.1, 0.15) is 6.92 Å². The van der Waals surface area contributed by atoms with Gasteiger partial charge in [-0.15, -0.1) is 0 Å². The van der Waals surface area contributed by atoms with Gasteiger partial charge in [0.2, 0.25) is 5.91 Å². The van der Waals surface area contributed by atoms with Crippen molar-refractivity contribution in [2.45, 2.75) is 11.8 Å². The number of carbonyl (C=O) groups is 1. The number of methoxy groups -OCH3 is 3. The van der Waals surface area contributed by atoms with E-state index < -0.39 is 10.0 Å². The summed E-state index contributed by atoms with van der Waals surface area (Å²) in [5.41, 5.74) is 0.595. The second-order valence-corrected chi connectivity index (χ2v) is 6.87. The van der Waals surface area contributed by atoms with Gasteiger partial charge in [-0.2, -0.15) is 0 Å². The van der Waals surface area contributed by atoms with Crippen molar-refractivity contribution in [1.82, 2.24) is 0 Å². The van der Waals surface area contributed by atoms with Crippen LogP contribution >= 0.6 is 0 Å². The summed E-state index contributed by atoms with van der Waals surface area (Å²) in [4.78, 5) is 11.1. The Bertz CT molecular complexity index is 911. The fraction of sp³-hybridized carbons (Fsp3) is 0.235. The molecule has 8 nitrogen and oxygen atoms in total. The second-order valence-electron chi connectivity index (χ2n) is 5.22. The molecular weight excluding hydrogens is 360 g/mol. The topological polar surface area (TPSA) is 103 Å². The number of hydrogen-bond donors (Lipinski definition) is 2. The zero-order valence-electron chi connectivity index (χ0n) is 14.8. The third-order valence-electron chi connectivity index (χ3n) is 3.42. The van der Waals surface area contributed by atoms with Crippen molar-refractivity contribution in [2.75, 3.05) is 31.4 Å². The molecule has 2 aromatic carbocycles. The standard InChI is InChI=1S/C17H20N2O6S/c1-11(20)18-12-5-7-15(24-3)14(9-12)19-26(21,22)17-10-13(23-2)6-8-16(17)25-4/h5-10,19H,1-4H3,(H,18,20). The third kappa shape index (κ3) is 4.37. The van der Waals surface area contributed by atoms with Gasteiger partial charge in [0.15, 0.2) is 0 Å². The molecule has 9 heteroatoms. The summed E-state index contributed by atoms with van der Waals surface area (Å²) in [6.45, 7) is 1.36. The van der Waals surface area contributed by atoms with Gasteiger partial charge in [-0.3, -0.25) is 9.52 Å². The highest BCUT2D eigenvalue weighted by Crippen LogP contribution is 2.33. The van der Waals surface area contributed by atoms with Gasteiger partial charge in [0.1, 0.15) is 22.1 Å². The number of hydrogen-bond acceptors (Lipinski definition) is 6. The molecule has 26 heavy (non-hydrogen) atoms. The van der Waals surface area contributed by atoms with Crippen LogP contribution in [0, 0.1) is 0 Å². The van der Waals surface area contributed by atoms with E-state index in [9.17, 15) is 13.2 Å². The van der Waals surface area contributed by atoms with Crippen LogP contribution in [0.4, 0.5) is 11.4 Å². The van der Waals surface area contributed by atoms with Crippen LogP contribution in [-0.4, -0.2) is 35.7 Å². The van der Waals surface area contributed by atoms with E-state index in [2.05, 4.69) is 10.0 Å². The van der Waals surface area contributed by atoms with Crippen molar-refractivity contribution in [1.29, 1.82) is 0 Å². The molecule has 0 heterocycles. The summed E-state index contributed by atoms with van der Waals surface area (Å²) in [6, 6.07) is 9.06. The van der Waals surface area contributed by atoms with Gasteiger partial charge in [0, 0.05) is 18.7 Å². The van der Waals surface area contributed by atoms with E-state index in [1.807, 2.05) is 0 Å². The molecular formula is C17H20N2O6S. The molecule has 0 saturated heterocycles. The Kier molecular flexibility index (Phi) is 5.93. The van der Waals surface area contributed by atoms with Gasteiger partial charge < -0.3 is 19.5 Å². The maximum atomic E-state index is 12.9. The lowest BCUT2D eigenvalue weighted by molar-refractivity contribution is -0.114. The molecule has 0 aliphatic carbocycles. The zero-order valence-corrected chi connectivity index (χ0v) is 15.6. The summed E-state index contributed by atoms with van der Waals surface area (Å²) >= 11 is 0. The number of nitrogens with one attached hydrogen (secondary N) is 2. The van der Waals surface area contributed by atoms with Crippen LogP contribution < -0.4 is 24.2 Å². The number of carbonyl (C=O) groups excluding carboxylic acids is 1. The molecule has 2 rings (SSSR count). The van der Waals surface area contributed by atoms with Crippen LogP contribution in [0.2, 0.25) is 0 Å². The van der Waals surface area contributed by atoms with E-state index in [0.717, 1.165) is 0 Å². The maximum absolute atomic E-state index is 12.9. The first kappa shape index (κ1) is 19.4. The predicted molar refractivity (Wildman–Crippen MR) is 97.7 cm³/mol. The quantitative estimate of drug-likeness (QED) is 0.765. The number of ether oxygens (including phenoxy) is 3. The van der Waals surface area contributed by atoms with Crippen LogP contribution in [0.15, 0.2) is 41.3 Å². The summed E-state index contributed by atoms with van der Waals surface area (Å²) in [7, 11) is 0.210.